The third-order valence-electron chi connectivity index (χ3n) is 6.72. The summed E-state index contributed by atoms with van der Waals surface area (Å²) in [4.78, 5) is 19.8. The number of nitrogens with one attached hydrogen (secondary N) is 1. The van der Waals surface area contributed by atoms with Crippen molar-refractivity contribution < 1.29 is 22.3 Å². The van der Waals surface area contributed by atoms with Gasteiger partial charge in [0.2, 0.25) is 0 Å². The second-order valence-electron chi connectivity index (χ2n) is 9.22. The van der Waals surface area contributed by atoms with Gasteiger partial charge in [0.05, 0.1) is 23.9 Å². The number of halogens is 4. The SMILES string of the molecule is COc1cccc(Cc2nc(-c3nnn4c3CCC[C@@]4(C)c3ccc(C(F)(F)F)cc3F)cc(=O)[nH]2)c1. The monoisotopic (exact) mass is 513 g/mol. The topological polar surface area (TPSA) is 85.7 Å². The van der Waals surface area contributed by atoms with Crippen molar-refractivity contribution in [1.82, 2.24) is 25.0 Å². The Morgan fingerprint density at radius 3 is 2.70 bits per heavy atom. The Labute approximate surface area is 209 Å². The Hall–Kier alpha value is -4.02. The average Bonchev–Trinajstić information content (AvgIpc) is 3.29. The molecule has 0 saturated carbocycles. The summed E-state index contributed by atoms with van der Waals surface area (Å²) in [6.45, 7) is 1.72. The lowest BCUT2D eigenvalue weighted by Gasteiger charge is -2.35. The van der Waals surface area contributed by atoms with Crippen molar-refractivity contribution in [2.45, 2.75) is 44.3 Å². The zero-order valence-corrected chi connectivity index (χ0v) is 20.1. The molecule has 0 amide bonds. The third-order valence-corrected chi connectivity index (χ3v) is 6.72. The number of aromatic amines is 1. The number of hydrogen-bond acceptors (Lipinski definition) is 5. The van der Waals surface area contributed by atoms with Crippen LogP contribution < -0.4 is 10.3 Å². The summed E-state index contributed by atoms with van der Waals surface area (Å²) in [6.07, 6.45) is -2.68. The molecule has 1 atom stereocenters. The number of ether oxygens (including phenoxy) is 1. The number of nitrogens with zero attached hydrogens (tertiary/aromatic N) is 4. The zero-order chi connectivity index (χ0) is 26.4. The van der Waals surface area contributed by atoms with Crippen LogP contribution in [0.2, 0.25) is 0 Å². The number of H-pyrrole nitrogens is 1. The van der Waals surface area contributed by atoms with Gasteiger partial charge in [0.25, 0.3) is 5.56 Å². The number of benzene rings is 2. The number of rotatable bonds is 5. The van der Waals surface area contributed by atoms with Gasteiger partial charge in [-0.3, -0.25) is 4.79 Å². The normalized spacial score (nSPS) is 17.5. The van der Waals surface area contributed by atoms with Crippen LogP contribution >= 0.6 is 0 Å². The van der Waals surface area contributed by atoms with Crippen LogP contribution in [0.4, 0.5) is 17.6 Å². The van der Waals surface area contributed by atoms with Gasteiger partial charge in [0.15, 0.2) is 0 Å². The third kappa shape index (κ3) is 4.61. The number of hydrogen-bond donors (Lipinski definition) is 1. The van der Waals surface area contributed by atoms with E-state index in [4.69, 9.17) is 4.74 Å². The summed E-state index contributed by atoms with van der Waals surface area (Å²) in [7, 11) is 1.57. The summed E-state index contributed by atoms with van der Waals surface area (Å²) >= 11 is 0. The van der Waals surface area contributed by atoms with Crippen LogP contribution in [0, 0.1) is 5.82 Å². The molecule has 1 aliphatic rings. The van der Waals surface area contributed by atoms with E-state index in [1.807, 2.05) is 24.3 Å². The minimum Gasteiger partial charge on any atom is -0.497 e. The first-order valence-corrected chi connectivity index (χ1v) is 11.6. The molecule has 4 aromatic rings. The van der Waals surface area contributed by atoms with Gasteiger partial charge < -0.3 is 9.72 Å². The fraction of sp³-hybridized carbons (Fsp3) is 0.308. The molecule has 7 nitrogen and oxygen atoms in total. The van der Waals surface area contributed by atoms with Crippen molar-refractivity contribution in [3.05, 3.63) is 92.9 Å². The highest BCUT2D eigenvalue weighted by molar-refractivity contribution is 5.57. The van der Waals surface area contributed by atoms with E-state index in [9.17, 15) is 22.4 Å². The Morgan fingerprint density at radius 2 is 1.97 bits per heavy atom. The number of alkyl halides is 3. The molecule has 3 heterocycles. The zero-order valence-electron chi connectivity index (χ0n) is 20.1. The minimum absolute atomic E-state index is 0.0930. The molecular weight excluding hydrogens is 490 g/mol. The molecule has 2 aromatic carbocycles. The number of aromatic nitrogens is 5. The van der Waals surface area contributed by atoms with Crippen LogP contribution in [-0.2, 0) is 24.6 Å². The van der Waals surface area contributed by atoms with E-state index in [1.165, 1.54) is 6.07 Å². The molecule has 2 aromatic heterocycles. The maximum atomic E-state index is 15.0. The molecule has 5 rings (SSSR count). The molecule has 11 heteroatoms. The van der Waals surface area contributed by atoms with Gasteiger partial charge in [-0.15, -0.1) is 5.10 Å². The number of fused-ring (bicyclic) bond motifs is 1. The van der Waals surface area contributed by atoms with Crippen LogP contribution in [0.5, 0.6) is 5.75 Å². The molecule has 0 aliphatic carbocycles. The van der Waals surface area contributed by atoms with Crippen molar-refractivity contribution in [1.29, 1.82) is 0 Å². The van der Waals surface area contributed by atoms with E-state index in [2.05, 4.69) is 20.3 Å². The highest BCUT2D eigenvalue weighted by Crippen LogP contribution is 2.41. The van der Waals surface area contributed by atoms with Gasteiger partial charge >= 0.3 is 6.18 Å². The highest BCUT2D eigenvalue weighted by atomic mass is 19.4. The molecule has 0 fully saturated rings. The van der Waals surface area contributed by atoms with E-state index in [0.717, 1.165) is 17.7 Å². The Morgan fingerprint density at radius 1 is 1.16 bits per heavy atom. The first kappa shape index (κ1) is 24.7. The van der Waals surface area contributed by atoms with Crippen molar-refractivity contribution >= 4 is 0 Å². The van der Waals surface area contributed by atoms with Crippen LogP contribution in [0.15, 0.2) is 53.3 Å². The average molecular weight is 513 g/mol. The van der Waals surface area contributed by atoms with Gasteiger partial charge in [-0.1, -0.05) is 23.4 Å². The summed E-state index contributed by atoms with van der Waals surface area (Å²) in [6, 6.07) is 11.3. The largest absolute Gasteiger partial charge is 0.497 e. The lowest BCUT2D eigenvalue weighted by atomic mass is 9.82. The molecule has 37 heavy (non-hydrogen) atoms. The number of methoxy groups -OCH3 is 1. The minimum atomic E-state index is -4.65. The Kier molecular flexibility index (Phi) is 6.09. The van der Waals surface area contributed by atoms with E-state index >= 15 is 0 Å². The lowest BCUT2D eigenvalue weighted by molar-refractivity contribution is -0.137. The maximum Gasteiger partial charge on any atom is 0.416 e. The smallest absolute Gasteiger partial charge is 0.416 e. The van der Waals surface area contributed by atoms with Crippen molar-refractivity contribution in [2.24, 2.45) is 0 Å². The predicted molar refractivity (Wildman–Crippen MR) is 127 cm³/mol. The molecule has 0 saturated heterocycles. The maximum absolute atomic E-state index is 15.0. The van der Waals surface area contributed by atoms with E-state index < -0.39 is 23.1 Å². The van der Waals surface area contributed by atoms with Crippen LogP contribution in [-0.4, -0.2) is 32.1 Å². The molecule has 192 valence electrons. The Balaban J connectivity index is 1.53. The lowest BCUT2D eigenvalue weighted by Crippen LogP contribution is -2.38. The molecule has 0 spiro atoms. The molecule has 0 unspecified atom stereocenters. The predicted octanol–water partition coefficient (Wildman–Crippen LogP) is 4.89. The second kappa shape index (κ2) is 9.13. The first-order chi connectivity index (χ1) is 17.6. The molecule has 1 aliphatic heterocycles. The van der Waals surface area contributed by atoms with Crippen molar-refractivity contribution in [3.8, 4) is 17.1 Å². The Bertz CT molecular complexity index is 1530. The first-order valence-electron chi connectivity index (χ1n) is 11.6. The quantitative estimate of drug-likeness (QED) is 0.385. The fourth-order valence-electron chi connectivity index (χ4n) is 4.89. The van der Waals surface area contributed by atoms with Gasteiger partial charge in [0.1, 0.15) is 28.8 Å². The van der Waals surface area contributed by atoms with Crippen molar-refractivity contribution in [3.63, 3.8) is 0 Å². The summed E-state index contributed by atoms with van der Waals surface area (Å²) in [5, 5.41) is 8.52. The van der Waals surface area contributed by atoms with Gasteiger partial charge in [-0.2, -0.15) is 13.2 Å². The highest BCUT2D eigenvalue weighted by Gasteiger charge is 2.40. The van der Waals surface area contributed by atoms with Crippen molar-refractivity contribution in [2.75, 3.05) is 7.11 Å². The van der Waals surface area contributed by atoms with Gasteiger partial charge in [-0.05, 0) is 56.0 Å². The standard InChI is InChI=1S/C26H23F4N5O2/c1-25(18-9-8-16(13-19(18)27)26(28,29)30)10-4-7-21-24(33-34-35(21)25)20-14-23(36)32-22(31-20)12-15-5-3-6-17(11-15)37-2/h3,5-6,8-9,11,13-14H,4,7,10,12H2,1-2H3,(H,31,32,36)/t25-/m0/s1. The fourth-order valence-corrected chi connectivity index (χ4v) is 4.89. The summed E-state index contributed by atoms with van der Waals surface area (Å²) in [5.74, 6) is 0.139. The van der Waals surface area contributed by atoms with E-state index in [0.29, 0.717) is 60.4 Å². The second-order valence-corrected chi connectivity index (χ2v) is 9.22. The van der Waals surface area contributed by atoms with Gasteiger partial charge in [0, 0.05) is 18.1 Å². The van der Waals surface area contributed by atoms with Gasteiger partial charge in [-0.25, -0.2) is 14.1 Å². The summed E-state index contributed by atoms with van der Waals surface area (Å²) in [5.41, 5.74) is -0.154. The molecular formula is C26H23F4N5O2. The molecule has 0 radical (unpaired) electrons. The molecule has 0 bridgehead atoms. The van der Waals surface area contributed by atoms with Crippen LogP contribution in [0.1, 0.15) is 48.0 Å². The molecule has 1 N–H and O–H groups in total. The van der Waals surface area contributed by atoms with E-state index in [-0.39, 0.29) is 11.1 Å². The van der Waals surface area contributed by atoms with Crippen LogP contribution in [0.25, 0.3) is 11.4 Å². The van der Waals surface area contributed by atoms with Crippen LogP contribution in [0.3, 0.4) is 0 Å². The summed E-state index contributed by atoms with van der Waals surface area (Å²) < 4.78 is 61.0. The van der Waals surface area contributed by atoms with E-state index in [1.54, 1.807) is 18.7 Å².